The molecule has 0 fully saturated rings. The average molecular weight is 403 g/mol. The summed E-state index contributed by atoms with van der Waals surface area (Å²) in [5.74, 6) is 0.175. The molecule has 0 aliphatic carbocycles. The average Bonchev–Trinajstić information content (AvgIpc) is 2.64. The van der Waals surface area contributed by atoms with Gasteiger partial charge < -0.3 is 15.0 Å². The lowest BCUT2D eigenvalue weighted by molar-refractivity contribution is -0.142. The summed E-state index contributed by atoms with van der Waals surface area (Å²) in [6.07, 6.45) is 0. The van der Waals surface area contributed by atoms with Crippen LogP contribution in [0, 0.1) is 6.92 Å². The van der Waals surface area contributed by atoms with E-state index in [4.69, 9.17) is 16.3 Å². The monoisotopic (exact) mass is 402 g/mol. The zero-order valence-corrected chi connectivity index (χ0v) is 17.5. The van der Waals surface area contributed by atoms with Gasteiger partial charge >= 0.3 is 0 Å². The van der Waals surface area contributed by atoms with Crippen LogP contribution in [-0.2, 0) is 16.1 Å². The van der Waals surface area contributed by atoms with E-state index >= 15 is 0 Å². The Morgan fingerprint density at radius 2 is 1.82 bits per heavy atom. The Kier molecular flexibility index (Phi) is 7.88. The van der Waals surface area contributed by atoms with Crippen LogP contribution in [0.2, 0.25) is 5.02 Å². The topological polar surface area (TPSA) is 58.6 Å². The molecule has 0 aliphatic heterocycles. The quantitative estimate of drug-likeness (QED) is 0.726. The van der Waals surface area contributed by atoms with Crippen molar-refractivity contribution in [1.82, 2.24) is 10.2 Å². The summed E-state index contributed by atoms with van der Waals surface area (Å²) in [6, 6.07) is 14.1. The number of nitrogens with zero attached hydrogens (tertiary/aromatic N) is 1. The summed E-state index contributed by atoms with van der Waals surface area (Å²) in [5.41, 5.74) is 1.79. The first-order valence-electron chi connectivity index (χ1n) is 9.30. The van der Waals surface area contributed by atoms with Crippen molar-refractivity contribution in [2.24, 2.45) is 0 Å². The van der Waals surface area contributed by atoms with Gasteiger partial charge in [0.15, 0.2) is 6.61 Å². The van der Waals surface area contributed by atoms with Gasteiger partial charge in [0.05, 0.1) is 0 Å². The second-order valence-corrected chi connectivity index (χ2v) is 7.48. The smallest absolute Gasteiger partial charge is 0.261 e. The summed E-state index contributed by atoms with van der Waals surface area (Å²) >= 11 is 6.07. The van der Waals surface area contributed by atoms with Gasteiger partial charge in [0.1, 0.15) is 11.8 Å². The number of nitrogens with one attached hydrogen (secondary N) is 1. The first kappa shape index (κ1) is 21.8. The van der Waals surface area contributed by atoms with E-state index in [0.717, 1.165) is 11.1 Å². The molecule has 0 saturated carbocycles. The number of amides is 2. The van der Waals surface area contributed by atoms with E-state index in [1.165, 1.54) is 4.90 Å². The molecule has 28 heavy (non-hydrogen) atoms. The highest BCUT2D eigenvalue weighted by molar-refractivity contribution is 6.30. The molecule has 0 spiro atoms. The van der Waals surface area contributed by atoms with Crippen LogP contribution in [0.15, 0.2) is 48.5 Å². The number of halogens is 1. The zero-order chi connectivity index (χ0) is 20.7. The molecule has 0 aliphatic rings. The molecule has 0 bridgehead atoms. The number of rotatable bonds is 8. The highest BCUT2D eigenvalue weighted by atomic mass is 35.5. The summed E-state index contributed by atoms with van der Waals surface area (Å²) in [7, 11) is 0. The maximum atomic E-state index is 12.9. The minimum Gasteiger partial charge on any atom is -0.484 e. The number of aryl methyl sites for hydroxylation is 1. The Labute approximate surface area is 171 Å². The minimum atomic E-state index is -0.644. The molecule has 6 heteroatoms. The van der Waals surface area contributed by atoms with Crippen LogP contribution in [0.5, 0.6) is 5.75 Å². The van der Waals surface area contributed by atoms with E-state index in [9.17, 15) is 9.59 Å². The van der Waals surface area contributed by atoms with Crippen LogP contribution in [0.25, 0.3) is 0 Å². The Morgan fingerprint density at radius 3 is 2.46 bits per heavy atom. The van der Waals surface area contributed by atoms with Crippen molar-refractivity contribution in [3.63, 3.8) is 0 Å². The van der Waals surface area contributed by atoms with Gasteiger partial charge in [-0.2, -0.15) is 0 Å². The summed E-state index contributed by atoms with van der Waals surface area (Å²) in [4.78, 5) is 27.0. The highest BCUT2D eigenvalue weighted by Crippen LogP contribution is 2.18. The van der Waals surface area contributed by atoms with Crippen molar-refractivity contribution < 1.29 is 14.3 Å². The molecule has 0 unspecified atom stereocenters. The van der Waals surface area contributed by atoms with E-state index < -0.39 is 6.04 Å². The van der Waals surface area contributed by atoms with Crippen molar-refractivity contribution in [1.29, 1.82) is 0 Å². The molecule has 150 valence electrons. The third kappa shape index (κ3) is 6.27. The predicted molar refractivity (Wildman–Crippen MR) is 111 cm³/mol. The van der Waals surface area contributed by atoms with Crippen molar-refractivity contribution >= 4 is 23.4 Å². The van der Waals surface area contributed by atoms with Crippen LogP contribution in [-0.4, -0.2) is 35.4 Å². The van der Waals surface area contributed by atoms with Crippen LogP contribution in [0.3, 0.4) is 0 Å². The lowest BCUT2D eigenvalue weighted by Crippen LogP contribution is -2.50. The number of benzene rings is 2. The largest absolute Gasteiger partial charge is 0.484 e. The number of hydrogen-bond acceptors (Lipinski definition) is 3. The predicted octanol–water partition coefficient (Wildman–Crippen LogP) is 3.97. The fourth-order valence-corrected chi connectivity index (χ4v) is 2.97. The number of hydrogen-bond donors (Lipinski definition) is 1. The van der Waals surface area contributed by atoms with Crippen molar-refractivity contribution in [2.45, 2.75) is 46.3 Å². The molecule has 0 radical (unpaired) electrons. The van der Waals surface area contributed by atoms with Crippen LogP contribution < -0.4 is 10.1 Å². The van der Waals surface area contributed by atoms with Crippen LogP contribution in [0.4, 0.5) is 0 Å². The molecule has 2 rings (SSSR count). The normalized spacial score (nSPS) is 11.8. The summed E-state index contributed by atoms with van der Waals surface area (Å²) in [5, 5.41) is 3.44. The second-order valence-electron chi connectivity index (χ2n) is 7.04. The molecule has 1 atom stereocenters. The Bertz CT molecular complexity index is 823. The second kappa shape index (κ2) is 10.1. The van der Waals surface area contributed by atoms with Gasteiger partial charge in [-0.3, -0.25) is 9.59 Å². The van der Waals surface area contributed by atoms with Gasteiger partial charge in [-0.15, -0.1) is 0 Å². The molecule has 0 saturated heterocycles. The Morgan fingerprint density at radius 1 is 1.11 bits per heavy atom. The summed E-state index contributed by atoms with van der Waals surface area (Å²) < 4.78 is 5.70. The zero-order valence-electron chi connectivity index (χ0n) is 16.7. The highest BCUT2D eigenvalue weighted by Gasteiger charge is 2.27. The molecule has 5 nitrogen and oxygen atoms in total. The number of para-hydroxylation sites is 1. The first-order valence-corrected chi connectivity index (χ1v) is 9.68. The molecule has 2 aromatic rings. The lowest BCUT2D eigenvalue weighted by Gasteiger charge is -2.29. The fraction of sp³-hybridized carbons (Fsp3) is 0.364. The van der Waals surface area contributed by atoms with E-state index in [0.29, 0.717) is 10.8 Å². The van der Waals surface area contributed by atoms with Crippen molar-refractivity contribution in [2.75, 3.05) is 6.61 Å². The Balaban J connectivity index is 2.17. The molecular formula is C22H27ClN2O3. The van der Waals surface area contributed by atoms with E-state index in [-0.39, 0.29) is 31.0 Å². The lowest BCUT2D eigenvalue weighted by atomic mass is 10.1. The minimum absolute atomic E-state index is 0.0127. The molecule has 0 heterocycles. The molecule has 2 amide bonds. The van der Waals surface area contributed by atoms with Crippen molar-refractivity contribution in [3.05, 3.63) is 64.7 Å². The number of carbonyl (C=O) groups is 2. The van der Waals surface area contributed by atoms with Gasteiger partial charge in [-0.1, -0.05) is 41.9 Å². The number of ether oxygens (including phenoxy) is 1. The SMILES string of the molecule is Cc1ccccc1OCC(=O)N(Cc1cccc(Cl)c1)[C@@H](C)C(=O)NC(C)C. The third-order valence-electron chi connectivity index (χ3n) is 4.28. The standard InChI is InChI=1S/C22H27ClN2O3/c1-15(2)24-22(27)17(4)25(13-18-9-7-10-19(23)12-18)21(26)14-28-20-11-6-5-8-16(20)3/h5-12,15,17H,13-14H2,1-4H3,(H,24,27)/t17-/m0/s1. The van der Waals surface area contributed by atoms with E-state index in [2.05, 4.69) is 5.32 Å². The summed E-state index contributed by atoms with van der Waals surface area (Å²) in [6.45, 7) is 7.52. The first-order chi connectivity index (χ1) is 13.3. The molecular weight excluding hydrogens is 376 g/mol. The van der Waals surface area contributed by atoms with E-state index in [1.807, 2.05) is 57.2 Å². The third-order valence-corrected chi connectivity index (χ3v) is 4.52. The maximum absolute atomic E-state index is 12.9. The fourth-order valence-electron chi connectivity index (χ4n) is 2.76. The van der Waals surface area contributed by atoms with E-state index in [1.54, 1.807) is 19.1 Å². The van der Waals surface area contributed by atoms with Crippen LogP contribution in [0.1, 0.15) is 31.9 Å². The van der Waals surface area contributed by atoms with Gasteiger partial charge in [0, 0.05) is 17.6 Å². The van der Waals surface area contributed by atoms with Gasteiger partial charge in [-0.25, -0.2) is 0 Å². The van der Waals surface area contributed by atoms with Crippen LogP contribution >= 0.6 is 11.6 Å². The molecule has 0 aromatic heterocycles. The number of carbonyl (C=O) groups excluding carboxylic acids is 2. The molecule has 2 aromatic carbocycles. The van der Waals surface area contributed by atoms with Gasteiger partial charge in [0.2, 0.25) is 5.91 Å². The maximum Gasteiger partial charge on any atom is 0.261 e. The molecule has 1 N–H and O–H groups in total. The van der Waals surface area contributed by atoms with Crippen molar-refractivity contribution in [3.8, 4) is 5.75 Å². The Hall–Kier alpha value is -2.53. The van der Waals surface area contributed by atoms with Gasteiger partial charge in [0.25, 0.3) is 5.91 Å². The van der Waals surface area contributed by atoms with Gasteiger partial charge in [-0.05, 0) is 57.0 Å².